The fourth-order valence-corrected chi connectivity index (χ4v) is 2.63. The van der Waals surface area contributed by atoms with Gasteiger partial charge in [0.15, 0.2) is 0 Å². The van der Waals surface area contributed by atoms with Crippen LogP contribution >= 0.6 is 11.6 Å². The third kappa shape index (κ3) is 2.82. The zero-order valence-corrected chi connectivity index (χ0v) is 12.5. The standard InChI is InChI=1S/C13H15ClN6O/c1-8-16-11(14)5-12(17-8)18-10-3-4-20(13(10)21)9-6-15-19(2)7-9/h5-7,10H,3-4H2,1-2H3,(H,16,17,18). The highest BCUT2D eigenvalue weighted by Crippen LogP contribution is 2.23. The van der Waals surface area contributed by atoms with Crippen molar-refractivity contribution in [3.05, 3.63) is 29.4 Å². The van der Waals surface area contributed by atoms with Crippen molar-refractivity contribution in [1.29, 1.82) is 0 Å². The van der Waals surface area contributed by atoms with E-state index >= 15 is 0 Å². The van der Waals surface area contributed by atoms with E-state index < -0.39 is 0 Å². The first-order chi connectivity index (χ1) is 10.0. The Morgan fingerprint density at radius 1 is 1.43 bits per heavy atom. The molecule has 1 aliphatic heterocycles. The van der Waals surface area contributed by atoms with Crippen LogP contribution in [0.1, 0.15) is 12.2 Å². The number of hydrogen-bond acceptors (Lipinski definition) is 5. The van der Waals surface area contributed by atoms with E-state index in [9.17, 15) is 4.79 Å². The molecule has 0 bridgehead atoms. The summed E-state index contributed by atoms with van der Waals surface area (Å²) in [6, 6.07) is 1.31. The highest BCUT2D eigenvalue weighted by Gasteiger charge is 2.33. The molecule has 1 unspecified atom stereocenters. The highest BCUT2D eigenvalue weighted by atomic mass is 35.5. The summed E-state index contributed by atoms with van der Waals surface area (Å²) in [5.74, 6) is 1.15. The third-order valence-electron chi connectivity index (χ3n) is 3.34. The number of anilines is 2. The van der Waals surface area contributed by atoms with Crippen LogP contribution in [0.25, 0.3) is 0 Å². The summed E-state index contributed by atoms with van der Waals surface area (Å²) < 4.78 is 1.68. The molecule has 1 aliphatic rings. The van der Waals surface area contributed by atoms with Gasteiger partial charge >= 0.3 is 0 Å². The molecule has 110 valence electrons. The predicted octanol–water partition coefficient (Wildman–Crippen LogP) is 1.39. The molecule has 0 saturated carbocycles. The molecule has 8 heteroatoms. The maximum Gasteiger partial charge on any atom is 0.249 e. The zero-order valence-electron chi connectivity index (χ0n) is 11.7. The number of amides is 1. The van der Waals surface area contributed by atoms with Crippen LogP contribution < -0.4 is 10.2 Å². The molecule has 1 saturated heterocycles. The maximum absolute atomic E-state index is 12.4. The van der Waals surface area contributed by atoms with Gasteiger partial charge in [-0.3, -0.25) is 9.48 Å². The predicted molar refractivity (Wildman–Crippen MR) is 79.4 cm³/mol. The molecule has 2 aromatic rings. The first-order valence-corrected chi connectivity index (χ1v) is 6.98. The quantitative estimate of drug-likeness (QED) is 0.867. The minimum absolute atomic E-state index is 0.00962. The lowest BCUT2D eigenvalue weighted by Crippen LogP contribution is -2.33. The number of hydrogen-bond donors (Lipinski definition) is 1. The Kier molecular flexibility index (Phi) is 3.50. The zero-order chi connectivity index (χ0) is 15.0. The van der Waals surface area contributed by atoms with Crippen molar-refractivity contribution >= 4 is 29.0 Å². The second kappa shape index (κ2) is 5.33. The van der Waals surface area contributed by atoms with Crippen LogP contribution in [-0.2, 0) is 11.8 Å². The van der Waals surface area contributed by atoms with Gasteiger partial charge in [-0.15, -0.1) is 0 Å². The third-order valence-corrected chi connectivity index (χ3v) is 3.53. The molecule has 1 amide bonds. The van der Waals surface area contributed by atoms with Crippen molar-refractivity contribution in [2.75, 3.05) is 16.8 Å². The molecule has 1 fully saturated rings. The van der Waals surface area contributed by atoms with Gasteiger partial charge in [-0.2, -0.15) is 5.10 Å². The Morgan fingerprint density at radius 2 is 2.24 bits per heavy atom. The van der Waals surface area contributed by atoms with Gasteiger partial charge in [0.05, 0.1) is 11.9 Å². The Labute approximate surface area is 126 Å². The summed E-state index contributed by atoms with van der Waals surface area (Å²) in [5, 5.41) is 7.58. The number of carbonyl (C=O) groups excluding carboxylic acids is 1. The molecule has 3 heterocycles. The van der Waals surface area contributed by atoms with Crippen LogP contribution in [0.15, 0.2) is 18.5 Å². The van der Waals surface area contributed by atoms with E-state index in [2.05, 4.69) is 20.4 Å². The van der Waals surface area contributed by atoms with E-state index in [1.54, 1.807) is 28.8 Å². The van der Waals surface area contributed by atoms with Gasteiger partial charge in [-0.25, -0.2) is 9.97 Å². The Balaban J connectivity index is 1.74. The van der Waals surface area contributed by atoms with Crippen molar-refractivity contribution in [2.45, 2.75) is 19.4 Å². The summed E-state index contributed by atoms with van der Waals surface area (Å²) in [7, 11) is 1.82. The van der Waals surface area contributed by atoms with Gasteiger partial charge in [-0.1, -0.05) is 11.6 Å². The first-order valence-electron chi connectivity index (χ1n) is 6.60. The smallest absolute Gasteiger partial charge is 0.249 e. The normalized spacial score (nSPS) is 18.3. The summed E-state index contributed by atoms with van der Waals surface area (Å²) in [5.41, 5.74) is 0.809. The van der Waals surface area contributed by atoms with Crippen molar-refractivity contribution in [2.24, 2.45) is 7.05 Å². The van der Waals surface area contributed by atoms with E-state index in [0.717, 1.165) is 5.69 Å². The van der Waals surface area contributed by atoms with Crippen molar-refractivity contribution in [3.63, 3.8) is 0 Å². The second-order valence-corrected chi connectivity index (χ2v) is 5.36. The van der Waals surface area contributed by atoms with E-state index in [1.807, 2.05) is 13.2 Å². The van der Waals surface area contributed by atoms with Crippen LogP contribution in [-0.4, -0.2) is 38.2 Å². The van der Waals surface area contributed by atoms with Crippen LogP contribution in [0.5, 0.6) is 0 Å². The van der Waals surface area contributed by atoms with Gasteiger partial charge in [0.25, 0.3) is 0 Å². The number of halogens is 1. The minimum atomic E-state index is -0.310. The van der Waals surface area contributed by atoms with Crippen LogP contribution in [0.2, 0.25) is 5.15 Å². The summed E-state index contributed by atoms with van der Waals surface area (Å²) >= 11 is 5.90. The molecular formula is C13H15ClN6O. The molecular weight excluding hydrogens is 292 g/mol. The minimum Gasteiger partial charge on any atom is -0.358 e. The van der Waals surface area contributed by atoms with Crippen molar-refractivity contribution in [3.8, 4) is 0 Å². The van der Waals surface area contributed by atoms with Gasteiger partial charge in [0.2, 0.25) is 5.91 Å². The maximum atomic E-state index is 12.4. The Morgan fingerprint density at radius 3 is 2.90 bits per heavy atom. The molecule has 2 aromatic heterocycles. The molecule has 0 spiro atoms. The SMILES string of the molecule is Cc1nc(Cl)cc(NC2CCN(c3cnn(C)c3)C2=O)n1. The number of nitrogens with one attached hydrogen (secondary N) is 1. The van der Waals surface area contributed by atoms with E-state index in [0.29, 0.717) is 29.8 Å². The lowest BCUT2D eigenvalue weighted by atomic mass is 10.2. The molecule has 0 aromatic carbocycles. The summed E-state index contributed by atoms with van der Waals surface area (Å²) in [6.07, 6.45) is 4.21. The highest BCUT2D eigenvalue weighted by molar-refractivity contribution is 6.29. The number of aromatic nitrogens is 4. The van der Waals surface area contributed by atoms with Crippen molar-refractivity contribution in [1.82, 2.24) is 19.7 Å². The Bertz CT molecular complexity index is 665. The number of carbonyl (C=O) groups is 1. The van der Waals surface area contributed by atoms with E-state index in [1.165, 1.54) is 0 Å². The largest absolute Gasteiger partial charge is 0.358 e. The number of aryl methyl sites for hydroxylation is 2. The van der Waals surface area contributed by atoms with Gasteiger partial charge in [-0.05, 0) is 13.3 Å². The second-order valence-electron chi connectivity index (χ2n) is 4.97. The lowest BCUT2D eigenvalue weighted by Gasteiger charge is -2.15. The van der Waals surface area contributed by atoms with E-state index in [4.69, 9.17) is 11.6 Å². The van der Waals surface area contributed by atoms with Crippen LogP contribution in [0.4, 0.5) is 11.5 Å². The molecule has 7 nitrogen and oxygen atoms in total. The summed E-state index contributed by atoms with van der Waals surface area (Å²) in [4.78, 5) is 22.4. The average molecular weight is 307 g/mol. The molecule has 3 rings (SSSR count). The molecule has 21 heavy (non-hydrogen) atoms. The van der Waals surface area contributed by atoms with Crippen LogP contribution in [0, 0.1) is 6.92 Å². The van der Waals surface area contributed by atoms with Gasteiger partial charge in [0, 0.05) is 25.9 Å². The lowest BCUT2D eigenvalue weighted by molar-refractivity contribution is -0.117. The summed E-state index contributed by atoms with van der Waals surface area (Å²) in [6.45, 7) is 2.41. The number of nitrogens with zero attached hydrogens (tertiary/aromatic N) is 5. The Hall–Kier alpha value is -2.15. The topological polar surface area (TPSA) is 75.9 Å². The molecule has 0 radical (unpaired) electrons. The van der Waals surface area contributed by atoms with Gasteiger partial charge in [0.1, 0.15) is 22.8 Å². The molecule has 1 atom stereocenters. The molecule has 1 N–H and O–H groups in total. The fraction of sp³-hybridized carbons (Fsp3) is 0.385. The molecule has 0 aliphatic carbocycles. The van der Waals surface area contributed by atoms with Gasteiger partial charge < -0.3 is 10.2 Å². The monoisotopic (exact) mass is 306 g/mol. The fourth-order valence-electron chi connectivity index (χ4n) is 2.40. The van der Waals surface area contributed by atoms with Crippen molar-refractivity contribution < 1.29 is 4.79 Å². The van der Waals surface area contributed by atoms with Crippen LogP contribution in [0.3, 0.4) is 0 Å². The first kappa shape index (κ1) is 13.8. The number of rotatable bonds is 3. The van der Waals surface area contributed by atoms with E-state index in [-0.39, 0.29) is 11.9 Å². The average Bonchev–Trinajstić information content (AvgIpc) is 2.96.